The molecule has 4 aromatic carbocycles. The summed E-state index contributed by atoms with van der Waals surface area (Å²) < 4.78 is 0. The Hall–Kier alpha value is -0.539. The maximum absolute atomic E-state index is 5.56. The molecule has 0 aliphatic heterocycles. The van der Waals surface area contributed by atoms with Crippen LogP contribution in [-0.2, 0) is 19.2 Å². The first kappa shape index (κ1) is 28.5. The van der Waals surface area contributed by atoms with Crippen molar-refractivity contribution in [1.29, 1.82) is 0 Å². The molecule has 0 radical (unpaired) electrons. The Balaban J connectivity index is 0.000000435. The van der Waals surface area contributed by atoms with Crippen LogP contribution >= 0.6 is 11.1 Å². The number of aryl methyl sites for hydroxylation is 2. The first-order valence-electron chi connectivity index (χ1n) is 9.31. The van der Waals surface area contributed by atoms with Crippen LogP contribution in [0.2, 0.25) is 6.04 Å². The van der Waals surface area contributed by atoms with Crippen LogP contribution in [0.5, 0.6) is 0 Å². The Morgan fingerprint density at radius 3 is 1.62 bits per heavy atom. The second-order valence-corrected chi connectivity index (χ2v) is 14.0. The minimum absolute atomic E-state index is 0. The van der Waals surface area contributed by atoms with E-state index in [4.69, 9.17) is 11.1 Å². The summed E-state index contributed by atoms with van der Waals surface area (Å²) in [5, 5.41) is 5.39. The van der Waals surface area contributed by atoms with E-state index < -0.39 is 5.50 Å². The van der Waals surface area contributed by atoms with Crippen LogP contribution in [0.1, 0.15) is 29.2 Å². The summed E-state index contributed by atoms with van der Waals surface area (Å²) in [6.07, 6.45) is 0. The Kier molecular flexibility index (Phi) is 13.4. The molecule has 0 aliphatic carbocycles. The predicted octanol–water partition coefficient (Wildman–Crippen LogP) is 1.64. The predicted molar refractivity (Wildman–Crippen MR) is 120 cm³/mol. The topological polar surface area (TPSA) is 0 Å². The number of hydrogen-bond donors (Lipinski definition) is 0. The standard InChI is InChI=1S/C13H9.C9H13.C2H5ClSi.2ClH.Ti/c1-3-7-12-10(5-1)9-11-6-2-4-8-13(11)12;1-6-5-7(2)9(4)8(6)3;1-2-4-3;;;/h1-9H;5H,1-4H3;2H2,1H3;2*1H;/q2*-1;;;;+2/p-2. The molecule has 0 saturated carbocycles. The monoisotopic (exact) mass is 496 g/mol. The molecule has 4 aromatic rings. The molecule has 0 bridgehead atoms. The average Bonchev–Trinajstić information content (AvgIpc) is 3.15. The van der Waals surface area contributed by atoms with E-state index in [2.05, 4.69) is 114 Å². The van der Waals surface area contributed by atoms with Crippen LogP contribution in [0.4, 0.5) is 0 Å². The van der Waals surface area contributed by atoms with Gasteiger partial charge in [-0.05, 0) is 0 Å². The molecule has 154 valence electrons. The second-order valence-electron chi connectivity index (χ2n) is 6.84. The molecule has 0 fully saturated rings. The first-order chi connectivity index (χ1) is 12.8. The SMILES string of the molecule is CC[Si](Cl)=[Ti+2].Cc1c[c-](C)c(C)c1C.[Cl-].[Cl-].c1ccc2c(c1)[cH-]c1ccccc12. The Morgan fingerprint density at radius 1 is 0.931 bits per heavy atom. The van der Waals surface area contributed by atoms with Gasteiger partial charge >= 0.3 is 48.7 Å². The smallest absolute Gasteiger partial charge is 0.0630 e. The van der Waals surface area contributed by atoms with Gasteiger partial charge in [0.15, 0.2) is 0 Å². The third-order valence-electron chi connectivity index (χ3n) is 5.01. The molecule has 0 nitrogen and oxygen atoms in total. The van der Waals surface area contributed by atoms with E-state index in [1.54, 1.807) is 0 Å². The van der Waals surface area contributed by atoms with Crippen molar-refractivity contribution in [2.75, 3.05) is 0 Å². The van der Waals surface area contributed by atoms with Gasteiger partial charge in [-0.15, -0.1) is 39.7 Å². The molecular weight excluding hydrogens is 471 g/mol. The van der Waals surface area contributed by atoms with Gasteiger partial charge in [-0.3, -0.25) is 0 Å². The summed E-state index contributed by atoms with van der Waals surface area (Å²) in [5.41, 5.74) is 5.34. The summed E-state index contributed by atoms with van der Waals surface area (Å²) in [4.78, 5) is 0. The van der Waals surface area contributed by atoms with E-state index in [0.717, 1.165) is 0 Å². The average molecular weight is 498 g/mol. The number of halogens is 3. The number of benzene rings is 2. The van der Waals surface area contributed by atoms with E-state index in [-0.39, 0.29) is 24.8 Å². The normalized spacial score (nSPS) is 9.52. The van der Waals surface area contributed by atoms with Crippen molar-refractivity contribution in [3.8, 4) is 0 Å². The van der Waals surface area contributed by atoms with Gasteiger partial charge in [-0.25, -0.2) is 0 Å². The molecule has 0 heterocycles. The van der Waals surface area contributed by atoms with Crippen LogP contribution in [0.25, 0.3) is 21.5 Å². The molecular formula is C24H27Cl3SiTi-2. The fourth-order valence-electron chi connectivity index (χ4n) is 3.04. The molecule has 0 aliphatic rings. The van der Waals surface area contributed by atoms with E-state index in [0.29, 0.717) is 0 Å². The van der Waals surface area contributed by atoms with E-state index in [9.17, 15) is 0 Å². The van der Waals surface area contributed by atoms with Gasteiger partial charge in [0.1, 0.15) is 0 Å². The second kappa shape index (κ2) is 13.7. The van der Waals surface area contributed by atoms with Crippen molar-refractivity contribution in [3.63, 3.8) is 0 Å². The number of fused-ring (bicyclic) bond motifs is 3. The minimum atomic E-state index is -0.402. The van der Waals surface area contributed by atoms with Crippen molar-refractivity contribution in [2.45, 2.75) is 40.7 Å². The maximum atomic E-state index is 5.56. The van der Waals surface area contributed by atoms with Crippen LogP contribution in [0, 0.1) is 27.7 Å². The zero-order valence-electron chi connectivity index (χ0n) is 17.6. The van der Waals surface area contributed by atoms with E-state index >= 15 is 0 Å². The van der Waals surface area contributed by atoms with Gasteiger partial charge in [0.2, 0.25) is 0 Å². The van der Waals surface area contributed by atoms with Crippen molar-refractivity contribution in [3.05, 3.63) is 82.9 Å². The molecule has 29 heavy (non-hydrogen) atoms. The van der Waals surface area contributed by atoms with Crippen LogP contribution < -0.4 is 24.8 Å². The van der Waals surface area contributed by atoms with E-state index in [1.807, 2.05) is 0 Å². The molecule has 0 amide bonds. The maximum Gasteiger partial charge on any atom is -0.0630 e. The third-order valence-corrected chi connectivity index (χ3v) is 8.09. The Labute approximate surface area is 204 Å². The van der Waals surface area contributed by atoms with E-state index in [1.165, 1.54) is 49.8 Å². The summed E-state index contributed by atoms with van der Waals surface area (Å²) in [7, 11) is 0. The van der Waals surface area contributed by atoms with Gasteiger partial charge in [0.25, 0.3) is 0 Å². The van der Waals surface area contributed by atoms with Crippen molar-refractivity contribution < 1.29 is 44.0 Å². The zero-order chi connectivity index (χ0) is 20.0. The van der Waals surface area contributed by atoms with Crippen molar-refractivity contribution in [1.82, 2.24) is 0 Å². The Morgan fingerprint density at radius 2 is 1.34 bits per heavy atom. The largest absolute Gasteiger partial charge is 1.00 e. The molecule has 4 rings (SSSR count). The molecule has 5 heteroatoms. The van der Waals surface area contributed by atoms with Gasteiger partial charge in [-0.1, -0.05) is 64.1 Å². The van der Waals surface area contributed by atoms with Gasteiger partial charge in [0.05, 0.1) is 0 Å². The van der Waals surface area contributed by atoms with Gasteiger partial charge in [0, 0.05) is 0 Å². The molecule has 0 atom stereocenters. The summed E-state index contributed by atoms with van der Waals surface area (Å²) in [5.74, 6) is 0. The summed E-state index contributed by atoms with van der Waals surface area (Å²) in [6, 6.07) is 22.7. The minimum Gasteiger partial charge on any atom is -1.00 e. The summed E-state index contributed by atoms with van der Waals surface area (Å²) in [6.45, 7) is 10.8. The van der Waals surface area contributed by atoms with Gasteiger partial charge < -0.3 is 24.8 Å². The van der Waals surface area contributed by atoms with Crippen LogP contribution in [0.15, 0.2) is 60.7 Å². The van der Waals surface area contributed by atoms with Crippen molar-refractivity contribution in [2.24, 2.45) is 0 Å². The molecule has 0 unspecified atom stereocenters. The molecule has 0 saturated heterocycles. The molecule has 0 N–H and O–H groups in total. The Bertz CT molecular complexity index is 974. The van der Waals surface area contributed by atoms with Crippen LogP contribution in [-0.4, -0.2) is 5.50 Å². The molecule has 0 spiro atoms. The van der Waals surface area contributed by atoms with Crippen molar-refractivity contribution >= 4 is 38.1 Å². The van der Waals surface area contributed by atoms with Gasteiger partial charge in [-0.2, -0.15) is 28.3 Å². The molecule has 0 aromatic heterocycles. The number of rotatable bonds is 1. The fourth-order valence-corrected chi connectivity index (χ4v) is 3.04. The summed E-state index contributed by atoms with van der Waals surface area (Å²) >= 11 is 7.65. The third kappa shape index (κ3) is 7.90. The zero-order valence-corrected chi connectivity index (χ0v) is 22.4. The quantitative estimate of drug-likeness (QED) is 0.213. The van der Waals surface area contributed by atoms with Crippen LogP contribution in [0.3, 0.4) is 0 Å². The number of hydrogen-bond acceptors (Lipinski definition) is 0. The fraction of sp³-hybridized carbons (Fsp3) is 0.250. The first-order valence-corrected chi connectivity index (χ1v) is 14.4.